The average Bonchev–Trinajstić information content (AvgIpc) is 2.69. The molecular formula is C10H13N3O4. The highest BCUT2D eigenvalue weighted by molar-refractivity contribution is 6.05. The van der Waals surface area contributed by atoms with Crippen LogP contribution in [0.25, 0.3) is 0 Å². The highest BCUT2D eigenvalue weighted by Crippen LogP contribution is 2.13. The van der Waals surface area contributed by atoms with Gasteiger partial charge >= 0.3 is 0 Å². The van der Waals surface area contributed by atoms with Crippen molar-refractivity contribution in [3.8, 4) is 0 Å². The van der Waals surface area contributed by atoms with Crippen molar-refractivity contribution in [2.45, 2.75) is 31.8 Å². The maximum atomic E-state index is 12.0. The Kier molecular flexibility index (Phi) is 2.83. The zero-order chi connectivity index (χ0) is 12.6. The lowest BCUT2D eigenvalue weighted by atomic mass is 10.1. The lowest BCUT2D eigenvalue weighted by Gasteiger charge is -2.33. The van der Waals surface area contributed by atoms with Crippen molar-refractivity contribution in [2.75, 3.05) is 6.54 Å². The average molecular weight is 239 g/mol. The number of nitrogens with zero attached hydrogens (tertiary/aromatic N) is 1. The number of imide groups is 1. The molecule has 0 saturated carbocycles. The topological polar surface area (TPSA) is 95.6 Å². The van der Waals surface area contributed by atoms with Gasteiger partial charge in [0.25, 0.3) is 0 Å². The van der Waals surface area contributed by atoms with Gasteiger partial charge in [0, 0.05) is 6.42 Å². The summed E-state index contributed by atoms with van der Waals surface area (Å²) >= 11 is 0. The van der Waals surface area contributed by atoms with E-state index in [1.54, 1.807) is 6.92 Å². The lowest BCUT2D eigenvalue weighted by Crippen LogP contribution is -2.61. The van der Waals surface area contributed by atoms with E-state index in [9.17, 15) is 19.2 Å². The van der Waals surface area contributed by atoms with E-state index in [0.717, 1.165) is 0 Å². The third-order valence-electron chi connectivity index (χ3n) is 3.00. The fraction of sp³-hybridized carbons (Fsp3) is 0.600. The van der Waals surface area contributed by atoms with Crippen molar-refractivity contribution in [3.63, 3.8) is 0 Å². The van der Waals surface area contributed by atoms with Gasteiger partial charge in [-0.2, -0.15) is 0 Å². The number of amides is 4. The standard InChI is InChI=1S/C10H13N3O4/c1-5-9(16)12-8(15)4-13(5)10(17)6-2-3-7(14)11-6/h5-6H,2-4H2,1H3,(H,11,14)(H,12,15,16). The van der Waals surface area contributed by atoms with Crippen molar-refractivity contribution >= 4 is 23.6 Å². The molecule has 0 radical (unpaired) electrons. The molecule has 2 rings (SSSR count). The summed E-state index contributed by atoms with van der Waals surface area (Å²) < 4.78 is 0. The van der Waals surface area contributed by atoms with E-state index in [-0.39, 0.29) is 18.4 Å². The predicted molar refractivity (Wildman–Crippen MR) is 55.5 cm³/mol. The van der Waals surface area contributed by atoms with Crippen molar-refractivity contribution in [1.82, 2.24) is 15.5 Å². The van der Waals surface area contributed by atoms with Crippen molar-refractivity contribution in [3.05, 3.63) is 0 Å². The van der Waals surface area contributed by atoms with Gasteiger partial charge in [0.2, 0.25) is 23.6 Å². The van der Waals surface area contributed by atoms with Gasteiger partial charge in [-0.3, -0.25) is 24.5 Å². The third kappa shape index (κ3) is 2.13. The fourth-order valence-electron chi connectivity index (χ4n) is 1.98. The second-order valence-electron chi connectivity index (χ2n) is 4.21. The Labute approximate surface area is 97.5 Å². The van der Waals surface area contributed by atoms with Gasteiger partial charge in [0.15, 0.2) is 0 Å². The Morgan fingerprint density at radius 1 is 1.29 bits per heavy atom. The monoisotopic (exact) mass is 239 g/mol. The van der Waals surface area contributed by atoms with Crippen LogP contribution in [0.15, 0.2) is 0 Å². The first-order valence-corrected chi connectivity index (χ1v) is 5.42. The zero-order valence-corrected chi connectivity index (χ0v) is 9.36. The van der Waals surface area contributed by atoms with E-state index >= 15 is 0 Å². The largest absolute Gasteiger partial charge is 0.344 e. The summed E-state index contributed by atoms with van der Waals surface area (Å²) in [6, 6.07) is -1.29. The second kappa shape index (κ2) is 4.15. The summed E-state index contributed by atoms with van der Waals surface area (Å²) in [5.74, 6) is -1.53. The lowest BCUT2D eigenvalue weighted by molar-refractivity contribution is -0.150. The highest BCUT2D eigenvalue weighted by Gasteiger charge is 2.38. The molecule has 0 aromatic heterocycles. The molecule has 7 heteroatoms. The molecule has 2 unspecified atom stereocenters. The smallest absolute Gasteiger partial charge is 0.249 e. The van der Waals surface area contributed by atoms with Gasteiger partial charge in [-0.15, -0.1) is 0 Å². The minimum Gasteiger partial charge on any atom is -0.344 e. The molecule has 2 aliphatic rings. The van der Waals surface area contributed by atoms with Crippen LogP contribution in [0.5, 0.6) is 0 Å². The molecule has 0 spiro atoms. The van der Waals surface area contributed by atoms with E-state index in [1.807, 2.05) is 0 Å². The summed E-state index contributed by atoms with van der Waals surface area (Å²) in [4.78, 5) is 46.8. The normalized spacial score (nSPS) is 29.0. The molecule has 2 saturated heterocycles. The minimum atomic E-state index is -0.683. The van der Waals surface area contributed by atoms with Gasteiger partial charge in [0.1, 0.15) is 18.6 Å². The first-order valence-electron chi connectivity index (χ1n) is 5.42. The van der Waals surface area contributed by atoms with Crippen LogP contribution in [0, 0.1) is 0 Å². The SMILES string of the molecule is CC1C(=O)NC(=O)CN1C(=O)C1CCC(=O)N1. The molecule has 2 heterocycles. The van der Waals surface area contributed by atoms with Gasteiger partial charge in [-0.1, -0.05) is 0 Å². The number of carbonyl (C=O) groups excluding carboxylic acids is 4. The number of nitrogens with one attached hydrogen (secondary N) is 2. The van der Waals surface area contributed by atoms with Crippen LogP contribution in [0.1, 0.15) is 19.8 Å². The zero-order valence-electron chi connectivity index (χ0n) is 9.36. The van der Waals surface area contributed by atoms with E-state index in [2.05, 4.69) is 10.6 Å². The number of rotatable bonds is 1. The molecule has 0 bridgehead atoms. The molecule has 2 N–H and O–H groups in total. The number of piperazine rings is 1. The van der Waals surface area contributed by atoms with E-state index in [4.69, 9.17) is 0 Å². The molecule has 2 fully saturated rings. The van der Waals surface area contributed by atoms with E-state index in [0.29, 0.717) is 12.8 Å². The Morgan fingerprint density at radius 3 is 2.59 bits per heavy atom. The Morgan fingerprint density at radius 2 is 2.00 bits per heavy atom. The fourth-order valence-corrected chi connectivity index (χ4v) is 1.98. The third-order valence-corrected chi connectivity index (χ3v) is 3.00. The van der Waals surface area contributed by atoms with Crippen molar-refractivity contribution in [2.24, 2.45) is 0 Å². The van der Waals surface area contributed by atoms with Crippen LogP contribution in [0.4, 0.5) is 0 Å². The van der Waals surface area contributed by atoms with E-state index in [1.165, 1.54) is 4.90 Å². The van der Waals surface area contributed by atoms with Crippen LogP contribution < -0.4 is 10.6 Å². The number of carbonyl (C=O) groups is 4. The first kappa shape index (κ1) is 11.6. The van der Waals surface area contributed by atoms with Crippen LogP contribution in [0.3, 0.4) is 0 Å². The summed E-state index contributed by atoms with van der Waals surface area (Å²) in [6.45, 7) is 1.41. The minimum absolute atomic E-state index is 0.141. The Balaban J connectivity index is 2.10. The Bertz CT molecular complexity index is 406. The molecule has 0 aromatic rings. The highest BCUT2D eigenvalue weighted by atomic mass is 16.2. The molecule has 7 nitrogen and oxygen atoms in total. The van der Waals surface area contributed by atoms with Crippen LogP contribution in [-0.4, -0.2) is 47.2 Å². The van der Waals surface area contributed by atoms with Crippen molar-refractivity contribution in [1.29, 1.82) is 0 Å². The molecule has 2 aliphatic heterocycles. The van der Waals surface area contributed by atoms with Crippen LogP contribution in [0.2, 0.25) is 0 Å². The maximum absolute atomic E-state index is 12.0. The van der Waals surface area contributed by atoms with Crippen molar-refractivity contribution < 1.29 is 19.2 Å². The molecule has 4 amide bonds. The van der Waals surface area contributed by atoms with Gasteiger partial charge in [-0.25, -0.2) is 0 Å². The summed E-state index contributed by atoms with van der Waals surface area (Å²) in [5.41, 5.74) is 0. The molecular weight excluding hydrogens is 226 g/mol. The molecule has 17 heavy (non-hydrogen) atoms. The predicted octanol–water partition coefficient (Wildman–Crippen LogP) is -1.86. The summed E-state index contributed by atoms with van der Waals surface area (Å²) in [5, 5.41) is 4.68. The molecule has 92 valence electrons. The molecule has 2 atom stereocenters. The summed E-state index contributed by atoms with van der Waals surface area (Å²) in [6.07, 6.45) is 0.718. The Hall–Kier alpha value is -1.92. The molecule has 0 aromatic carbocycles. The van der Waals surface area contributed by atoms with E-state index < -0.39 is 23.9 Å². The van der Waals surface area contributed by atoms with Gasteiger partial charge in [0.05, 0.1) is 0 Å². The summed E-state index contributed by atoms with van der Waals surface area (Å²) in [7, 11) is 0. The van der Waals surface area contributed by atoms with Gasteiger partial charge in [-0.05, 0) is 13.3 Å². The first-order chi connectivity index (χ1) is 7.99. The van der Waals surface area contributed by atoms with Crippen LogP contribution >= 0.6 is 0 Å². The molecule has 0 aliphatic carbocycles. The number of hydrogen-bond donors (Lipinski definition) is 2. The quantitative estimate of drug-likeness (QED) is 0.524. The van der Waals surface area contributed by atoms with Gasteiger partial charge < -0.3 is 10.2 Å². The van der Waals surface area contributed by atoms with Crippen LogP contribution in [-0.2, 0) is 19.2 Å². The maximum Gasteiger partial charge on any atom is 0.249 e. The number of hydrogen-bond acceptors (Lipinski definition) is 4. The second-order valence-corrected chi connectivity index (χ2v) is 4.21.